The van der Waals surface area contributed by atoms with E-state index in [2.05, 4.69) is 31.0 Å². The van der Waals surface area contributed by atoms with Gasteiger partial charge < -0.3 is 9.30 Å². The summed E-state index contributed by atoms with van der Waals surface area (Å²) in [6, 6.07) is 11.9. The summed E-state index contributed by atoms with van der Waals surface area (Å²) >= 11 is 1.56. The van der Waals surface area contributed by atoms with Crippen molar-refractivity contribution in [2.24, 2.45) is 12.0 Å². The maximum absolute atomic E-state index is 12.4. The summed E-state index contributed by atoms with van der Waals surface area (Å²) in [6.07, 6.45) is 0.290. The van der Waals surface area contributed by atoms with Crippen LogP contribution < -0.4 is 9.54 Å². The molecule has 0 N–H and O–H groups in total. The van der Waals surface area contributed by atoms with E-state index in [0.29, 0.717) is 13.0 Å². The van der Waals surface area contributed by atoms with Gasteiger partial charge in [0.1, 0.15) is 5.75 Å². The van der Waals surface area contributed by atoms with E-state index in [4.69, 9.17) is 4.74 Å². The second-order valence-electron chi connectivity index (χ2n) is 6.13. The molecular formula is C20H22N2O2S. The van der Waals surface area contributed by atoms with Crippen LogP contribution in [-0.4, -0.2) is 17.1 Å². The fourth-order valence-corrected chi connectivity index (χ4v) is 3.95. The van der Waals surface area contributed by atoms with E-state index in [9.17, 15) is 4.79 Å². The minimum atomic E-state index is -0.138. The third-order valence-electron chi connectivity index (χ3n) is 4.05. The van der Waals surface area contributed by atoms with Crippen LogP contribution in [0.2, 0.25) is 0 Å². The third kappa shape index (κ3) is 3.82. The van der Waals surface area contributed by atoms with Crippen LogP contribution in [0.3, 0.4) is 0 Å². The van der Waals surface area contributed by atoms with Gasteiger partial charge in [0.15, 0.2) is 4.80 Å². The smallest absolute Gasteiger partial charge is 0.252 e. The first-order valence-electron chi connectivity index (χ1n) is 8.34. The van der Waals surface area contributed by atoms with E-state index in [1.54, 1.807) is 11.3 Å². The van der Waals surface area contributed by atoms with Gasteiger partial charge in [-0.1, -0.05) is 29.5 Å². The summed E-state index contributed by atoms with van der Waals surface area (Å²) in [5.41, 5.74) is 4.49. The first-order valence-corrected chi connectivity index (χ1v) is 9.15. The van der Waals surface area contributed by atoms with E-state index in [1.807, 2.05) is 42.8 Å². The largest absolute Gasteiger partial charge is 0.494 e. The first-order chi connectivity index (χ1) is 12.0. The SMILES string of the molecule is CCOc1ccc(CC(=O)N=c2sc3c(C)cc(C)cc3n2C)cc1. The zero-order chi connectivity index (χ0) is 18.0. The van der Waals surface area contributed by atoms with Crippen molar-refractivity contribution in [3.05, 3.63) is 57.9 Å². The summed E-state index contributed by atoms with van der Waals surface area (Å²) in [4.78, 5) is 17.4. The van der Waals surface area contributed by atoms with Crippen LogP contribution in [-0.2, 0) is 18.3 Å². The van der Waals surface area contributed by atoms with Gasteiger partial charge in [-0.25, -0.2) is 0 Å². The van der Waals surface area contributed by atoms with Crippen molar-refractivity contribution in [3.63, 3.8) is 0 Å². The first kappa shape index (κ1) is 17.4. The van der Waals surface area contributed by atoms with E-state index in [1.165, 1.54) is 15.8 Å². The van der Waals surface area contributed by atoms with Gasteiger partial charge in [0.25, 0.3) is 5.91 Å². The molecule has 1 amide bonds. The van der Waals surface area contributed by atoms with Gasteiger partial charge in [-0.3, -0.25) is 4.79 Å². The number of benzene rings is 2. The average Bonchev–Trinajstić information content (AvgIpc) is 2.87. The maximum Gasteiger partial charge on any atom is 0.252 e. The van der Waals surface area contributed by atoms with Crippen LogP contribution in [0.25, 0.3) is 10.2 Å². The predicted molar refractivity (Wildman–Crippen MR) is 102 cm³/mol. The lowest BCUT2D eigenvalue weighted by molar-refractivity contribution is -0.117. The second kappa shape index (κ2) is 7.23. The fraction of sp³-hybridized carbons (Fsp3) is 0.300. The van der Waals surface area contributed by atoms with Gasteiger partial charge in [0.05, 0.1) is 23.2 Å². The topological polar surface area (TPSA) is 43.6 Å². The number of rotatable bonds is 4. The molecule has 0 bridgehead atoms. The Morgan fingerprint density at radius 1 is 1.20 bits per heavy atom. The number of aryl methyl sites for hydroxylation is 3. The number of amides is 1. The van der Waals surface area contributed by atoms with Crippen LogP contribution >= 0.6 is 11.3 Å². The van der Waals surface area contributed by atoms with Crippen molar-refractivity contribution < 1.29 is 9.53 Å². The molecule has 0 aliphatic rings. The Balaban J connectivity index is 1.87. The molecule has 0 atom stereocenters. The summed E-state index contributed by atoms with van der Waals surface area (Å²) in [6.45, 7) is 6.76. The Bertz CT molecular complexity index is 981. The highest BCUT2D eigenvalue weighted by Crippen LogP contribution is 2.22. The molecule has 0 aliphatic carbocycles. The zero-order valence-corrected chi connectivity index (χ0v) is 15.8. The third-order valence-corrected chi connectivity index (χ3v) is 5.33. The summed E-state index contributed by atoms with van der Waals surface area (Å²) in [7, 11) is 1.96. The zero-order valence-electron chi connectivity index (χ0n) is 15.0. The lowest BCUT2D eigenvalue weighted by Gasteiger charge is -2.03. The number of hydrogen-bond acceptors (Lipinski definition) is 3. The minimum Gasteiger partial charge on any atom is -0.494 e. The van der Waals surface area contributed by atoms with E-state index < -0.39 is 0 Å². The molecule has 0 spiro atoms. The van der Waals surface area contributed by atoms with Crippen LogP contribution in [0.1, 0.15) is 23.6 Å². The van der Waals surface area contributed by atoms with Crippen LogP contribution in [0, 0.1) is 13.8 Å². The lowest BCUT2D eigenvalue weighted by atomic mass is 10.1. The molecule has 3 rings (SSSR count). The minimum absolute atomic E-state index is 0.138. The molecule has 4 nitrogen and oxygen atoms in total. The van der Waals surface area contributed by atoms with Crippen molar-refractivity contribution in [3.8, 4) is 5.75 Å². The van der Waals surface area contributed by atoms with E-state index in [-0.39, 0.29) is 5.91 Å². The Morgan fingerprint density at radius 2 is 1.92 bits per heavy atom. The summed E-state index contributed by atoms with van der Waals surface area (Å²) in [5.74, 6) is 0.679. The number of aromatic nitrogens is 1. The summed E-state index contributed by atoms with van der Waals surface area (Å²) < 4.78 is 8.60. The molecule has 0 radical (unpaired) electrons. The normalized spacial score (nSPS) is 11.9. The van der Waals surface area contributed by atoms with Gasteiger partial charge in [0.2, 0.25) is 0 Å². The van der Waals surface area contributed by atoms with Crippen molar-refractivity contribution in [1.29, 1.82) is 0 Å². The van der Waals surface area contributed by atoms with Gasteiger partial charge in [-0.15, -0.1) is 0 Å². The molecular weight excluding hydrogens is 332 g/mol. The quantitative estimate of drug-likeness (QED) is 0.713. The highest BCUT2D eigenvalue weighted by Gasteiger charge is 2.08. The molecule has 0 saturated heterocycles. The number of nitrogens with zero attached hydrogens (tertiary/aromatic N) is 2. The van der Waals surface area contributed by atoms with Crippen molar-refractivity contribution >= 4 is 27.5 Å². The Labute approximate surface area is 151 Å². The monoisotopic (exact) mass is 354 g/mol. The number of thiazole rings is 1. The lowest BCUT2D eigenvalue weighted by Crippen LogP contribution is -2.14. The van der Waals surface area contributed by atoms with Crippen molar-refractivity contribution in [2.75, 3.05) is 6.61 Å². The predicted octanol–water partition coefficient (Wildman–Crippen LogP) is 3.93. The Morgan fingerprint density at radius 3 is 2.60 bits per heavy atom. The maximum atomic E-state index is 12.4. The molecule has 5 heteroatoms. The molecule has 2 aromatic carbocycles. The molecule has 0 aliphatic heterocycles. The fourth-order valence-electron chi connectivity index (χ4n) is 2.87. The number of hydrogen-bond donors (Lipinski definition) is 0. The van der Waals surface area contributed by atoms with Crippen LogP contribution in [0.5, 0.6) is 5.75 Å². The van der Waals surface area contributed by atoms with Crippen LogP contribution in [0.15, 0.2) is 41.4 Å². The Kier molecular flexibility index (Phi) is 5.04. The highest BCUT2D eigenvalue weighted by molar-refractivity contribution is 7.16. The van der Waals surface area contributed by atoms with E-state index >= 15 is 0 Å². The number of carbonyl (C=O) groups excluding carboxylic acids is 1. The average molecular weight is 354 g/mol. The van der Waals surface area contributed by atoms with Crippen molar-refractivity contribution in [1.82, 2.24) is 4.57 Å². The number of ether oxygens (including phenoxy) is 1. The molecule has 0 fully saturated rings. The molecule has 25 heavy (non-hydrogen) atoms. The van der Waals surface area contributed by atoms with Gasteiger partial charge in [0, 0.05) is 7.05 Å². The van der Waals surface area contributed by atoms with Gasteiger partial charge >= 0.3 is 0 Å². The van der Waals surface area contributed by atoms with E-state index in [0.717, 1.165) is 21.6 Å². The molecule has 3 aromatic rings. The molecule has 0 saturated carbocycles. The molecule has 0 unspecified atom stereocenters. The molecule has 1 heterocycles. The number of fused-ring (bicyclic) bond motifs is 1. The highest BCUT2D eigenvalue weighted by atomic mass is 32.1. The molecule has 1 aromatic heterocycles. The van der Waals surface area contributed by atoms with Gasteiger partial charge in [-0.05, 0) is 55.7 Å². The van der Waals surface area contributed by atoms with Crippen LogP contribution in [0.4, 0.5) is 0 Å². The second-order valence-corrected chi connectivity index (χ2v) is 7.11. The Hall–Kier alpha value is -2.40. The standard InChI is InChI=1S/C20H22N2O2S/c1-5-24-16-8-6-15(7-9-16)12-18(23)21-20-22(4)17-11-13(2)10-14(3)19(17)25-20/h6-11H,5,12H2,1-4H3. The number of carbonyl (C=O) groups is 1. The van der Waals surface area contributed by atoms with Crippen molar-refractivity contribution in [2.45, 2.75) is 27.2 Å². The van der Waals surface area contributed by atoms with Gasteiger partial charge in [-0.2, -0.15) is 4.99 Å². The summed E-state index contributed by atoms with van der Waals surface area (Å²) in [5, 5.41) is 0. The molecule has 130 valence electrons.